The number of rotatable bonds is 4. The first-order valence-electron chi connectivity index (χ1n) is 6.77. The summed E-state index contributed by atoms with van der Waals surface area (Å²) in [7, 11) is 1.51. The van der Waals surface area contributed by atoms with E-state index in [9.17, 15) is 4.39 Å². The maximum atomic E-state index is 13.8. The van der Waals surface area contributed by atoms with E-state index in [1.54, 1.807) is 13.0 Å². The Bertz CT molecular complexity index is 613. The molecule has 0 saturated carbocycles. The van der Waals surface area contributed by atoms with Crippen LogP contribution in [-0.4, -0.2) is 18.9 Å². The number of hydrogen-bond acceptors (Lipinski definition) is 3. The third-order valence-electron chi connectivity index (χ3n) is 2.64. The van der Waals surface area contributed by atoms with Gasteiger partial charge in [0.05, 0.1) is 5.69 Å². The molecule has 0 N–H and O–H groups in total. The smallest absolute Gasteiger partial charge is 0.188 e. The molecular weight excluding hydrogens is 328 g/mol. The third kappa shape index (κ3) is 4.57. The first kappa shape index (κ1) is 18.7. The molecule has 2 rings (SSSR count). The zero-order valence-corrected chi connectivity index (χ0v) is 14.4. The Hall–Kier alpha value is -1.36. The fourth-order valence-corrected chi connectivity index (χ4v) is 2.21. The van der Waals surface area contributed by atoms with Gasteiger partial charge in [-0.1, -0.05) is 37.0 Å². The van der Waals surface area contributed by atoms with Gasteiger partial charge in [0.15, 0.2) is 17.7 Å². The molecule has 2 aromatic rings. The Balaban J connectivity index is 0.00000116. The number of aromatic nitrogens is 1. The number of pyridine rings is 1. The van der Waals surface area contributed by atoms with E-state index < -0.39 is 5.82 Å². The molecule has 0 fully saturated rings. The van der Waals surface area contributed by atoms with Crippen LogP contribution in [0.4, 0.5) is 4.39 Å². The van der Waals surface area contributed by atoms with Crippen molar-refractivity contribution in [2.45, 2.75) is 20.8 Å². The molecule has 0 radical (unpaired) electrons. The van der Waals surface area contributed by atoms with Crippen molar-refractivity contribution in [1.82, 2.24) is 4.98 Å². The van der Waals surface area contributed by atoms with Crippen molar-refractivity contribution in [2.75, 3.05) is 13.9 Å². The van der Waals surface area contributed by atoms with Crippen LogP contribution < -0.4 is 4.74 Å². The van der Waals surface area contributed by atoms with E-state index in [0.29, 0.717) is 22.0 Å². The molecule has 0 spiro atoms. The lowest BCUT2D eigenvalue weighted by atomic mass is 10.1. The molecule has 0 amide bonds. The molecule has 0 unspecified atom stereocenters. The van der Waals surface area contributed by atoms with Gasteiger partial charge in [-0.05, 0) is 36.8 Å². The summed E-state index contributed by atoms with van der Waals surface area (Å²) in [6.07, 6.45) is 0. The summed E-state index contributed by atoms with van der Waals surface area (Å²) in [5.41, 5.74) is 1.43. The molecule has 1 heterocycles. The second-order valence-corrected chi connectivity index (χ2v) is 4.91. The maximum absolute atomic E-state index is 13.8. The molecule has 0 bridgehead atoms. The minimum atomic E-state index is -0.414. The van der Waals surface area contributed by atoms with Gasteiger partial charge in [-0.3, -0.25) is 0 Å². The van der Waals surface area contributed by atoms with Gasteiger partial charge in [0.2, 0.25) is 0 Å². The van der Waals surface area contributed by atoms with Crippen molar-refractivity contribution in [3.63, 3.8) is 0 Å². The SMILES string of the molecule is CC.COCOc1c(C)cc(-c2cc(Cl)ccc2F)nc1Cl. The molecule has 3 nitrogen and oxygen atoms in total. The second kappa shape index (κ2) is 8.93. The number of nitrogens with zero attached hydrogens (tertiary/aromatic N) is 1. The highest BCUT2D eigenvalue weighted by atomic mass is 35.5. The highest BCUT2D eigenvalue weighted by Crippen LogP contribution is 2.32. The van der Waals surface area contributed by atoms with Crippen LogP contribution in [0.25, 0.3) is 11.3 Å². The standard InChI is InChI=1S/C14H12Cl2FNO2.C2H6/c1-8-5-12(10-6-9(15)3-4-11(10)17)18-14(16)13(8)20-7-19-2;1-2/h3-6H,7H2,1-2H3;1-2H3. The summed E-state index contributed by atoms with van der Waals surface area (Å²) in [6.45, 7) is 5.86. The Morgan fingerprint density at radius 2 is 1.86 bits per heavy atom. The quantitative estimate of drug-likeness (QED) is 0.540. The van der Waals surface area contributed by atoms with Gasteiger partial charge < -0.3 is 9.47 Å². The van der Waals surface area contributed by atoms with Crippen molar-refractivity contribution in [2.24, 2.45) is 0 Å². The predicted octanol–water partition coefficient (Wildman–Crippen LogP) is 5.51. The molecule has 22 heavy (non-hydrogen) atoms. The van der Waals surface area contributed by atoms with E-state index in [1.165, 1.54) is 25.3 Å². The normalized spacial score (nSPS) is 9.95. The second-order valence-electron chi connectivity index (χ2n) is 4.12. The van der Waals surface area contributed by atoms with E-state index in [4.69, 9.17) is 32.7 Å². The molecule has 0 aliphatic carbocycles. The molecule has 0 saturated heterocycles. The zero-order chi connectivity index (χ0) is 16.7. The lowest BCUT2D eigenvalue weighted by Crippen LogP contribution is -2.02. The van der Waals surface area contributed by atoms with Gasteiger partial charge in [-0.15, -0.1) is 0 Å². The lowest BCUT2D eigenvalue weighted by Gasteiger charge is -2.12. The van der Waals surface area contributed by atoms with Gasteiger partial charge in [0.25, 0.3) is 0 Å². The van der Waals surface area contributed by atoms with E-state index >= 15 is 0 Å². The Kier molecular flexibility index (Phi) is 7.59. The van der Waals surface area contributed by atoms with E-state index in [2.05, 4.69) is 4.98 Å². The number of benzene rings is 1. The third-order valence-corrected chi connectivity index (χ3v) is 3.13. The van der Waals surface area contributed by atoms with Crippen molar-refractivity contribution < 1.29 is 13.9 Å². The summed E-state index contributed by atoms with van der Waals surface area (Å²) >= 11 is 11.9. The van der Waals surface area contributed by atoms with E-state index in [0.717, 1.165) is 5.56 Å². The molecule has 120 valence electrons. The molecule has 0 atom stereocenters. The van der Waals surface area contributed by atoms with E-state index in [1.807, 2.05) is 13.8 Å². The summed E-state index contributed by atoms with van der Waals surface area (Å²) < 4.78 is 24.0. The molecule has 0 aliphatic heterocycles. The fraction of sp³-hybridized carbons (Fsp3) is 0.312. The monoisotopic (exact) mass is 345 g/mol. The van der Waals surface area contributed by atoms with Crippen LogP contribution in [0.5, 0.6) is 5.75 Å². The van der Waals surface area contributed by atoms with Crippen LogP contribution in [0.15, 0.2) is 24.3 Å². The minimum absolute atomic E-state index is 0.0626. The van der Waals surface area contributed by atoms with Crippen LogP contribution in [-0.2, 0) is 4.74 Å². The largest absolute Gasteiger partial charge is 0.464 e. The summed E-state index contributed by atoms with van der Waals surface area (Å²) in [4.78, 5) is 4.15. The number of methoxy groups -OCH3 is 1. The molecule has 1 aromatic heterocycles. The van der Waals surface area contributed by atoms with Crippen LogP contribution in [0.3, 0.4) is 0 Å². The number of hydrogen-bond donors (Lipinski definition) is 0. The van der Waals surface area contributed by atoms with Crippen LogP contribution >= 0.6 is 23.2 Å². The van der Waals surface area contributed by atoms with Crippen molar-refractivity contribution in [1.29, 1.82) is 0 Å². The number of ether oxygens (including phenoxy) is 2. The van der Waals surface area contributed by atoms with Crippen LogP contribution in [0.2, 0.25) is 10.2 Å². The van der Waals surface area contributed by atoms with Crippen LogP contribution in [0.1, 0.15) is 19.4 Å². The van der Waals surface area contributed by atoms with Crippen LogP contribution in [0, 0.1) is 12.7 Å². The molecular formula is C16H18Cl2FNO2. The first-order valence-corrected chi connectivity index (χ1v) is 7.53. The topological polar surface area (TPSA) is 31.4 Å². The van der Waals surface area contributed by atoms with Crippen molar-refractivity contribution >= 4 is 23.2 Å². The Labute approximate surface area is 140 Å². The molecule has 1 aromatic carbocycles. The van der Waals surface area contributed by atoms with Gasteiger partial charge in [-0.25, -0.2) is 9.37 Å². The van der Waals surface area contributed by atoms with Crippen molar-refractivity contribution in [3.8, 4) is 17.0 Å². The number of aryl methyl sites for hydroxylation is 1. The highest BCUT2D eigenvalue weighted by Gasteiger charge is 2.14. The number of halogens is 3. The first-order chi connectivity index (χ1) is 10.5. The van der Waals surface area contributed by atoms with Gasteiger partial charge in [0, 0.05) is 17.7 Å². The zero-order valence-electron chi connectivity index (χ0n) is 12.9. The van der Waals surface area contributed by atoms with Gasteiger partial charge in [0.1, 0.15) is 5.82 Å². The minimum Gasteiger partial charge on any atom is -0.464 e. The highest BCUT2D eigenvalue weighted by molar-refractivity contribution is 6.31. The molecule has 0 aliphatic rings. The Morgan fingerprint density at radius 3 is 2.45 bits per heavy atom. The summed E-state index contributed by atoms with van der Waals surface area (Å²) in [5, 5.41) is 0.577. The summed E-state index contributed by atoms with van der Waals surface area (Å²) in [6, 6.07) is 5.96. The average molecular weight is 346 g/mol. The predicted molar refractivity (Wildman–Crippen MR) is 88.2 cm³/mol. The lowest BCUT2D eigenvalue weighted by molar-refractivity contribution is 0.0504. The van der Waals surface area contributed by atoms with Crippen molar-refractivity contribution in [3.05, 3.63) is 45.8 Å². The van der Waals surface area contributed by atoms with E-state index in [-0.39, 0.29) is 11.9 Å². The summed E-state index contributed by atoms with van der Waals surface area (Å²) in [5.74, 6) is 0.00243. The Morgan fingerprint density at radius 1 is 1.18 bits per heavy atom. The fourth-order valence-electron chi connectivity index (χ4n) is 1.75. The van der Waals surface area contributed by atoms with Gasteiger partial charge in [-0.2, -0.15) is 0 Å². The maximum Gasteiger partial charge on any atom is 0.188 e. The molecule has 6 heteroatoms. The van der Waals surface area contributed by atoms with Gasteiger partial charge >= 0.3 is 0 Å². The average Bonchev–Trinajstić information content (AvgIpc) is 2.51.